The zero-order valence-corrected chi connectivity index (χ0v) is 14.6. The number of aromatic nitrogens is 1. The maximum atomic E-state index is 13.1. The van der Waals surface area contributed by atoms with E-state index in [1.54, 1.807) is 4.90 Å². The zero-order chi connectivity index (χ0) is 17.8. The highest BCUT2D eigenvalue weighted by Crippen LogP contribution is 2.42. The van der Waals surface area contributed by atoms with Crippen molar-refractivity contribution < 1.29 is 9.90 Å². The molecule has 26 heavy (non-hydrogen) atoms. The first-order valence-corrected chi connectivity index (χ1v) is 9.05. The van der Waals surface area contributed by atoms with Crippen LogP contribution in [0.1, 0.15) is 29.8 Å². The fourth-order valence-corrected chi connectivity index (χ4v) is 4.50. The summed E-state index contributed by atoms with van der Waals surface area (Å²) in [6.45, 7) is 2.46. The number of aromatic amines is 1. The third-order valence-corrected chi connectivity index (χ3v) is 5.78. The lowest BCUT2D eigenvalue weighted by molar-refractivity contribution is 0.0225. The van der Waals surface area contributed by atoms with Crippen molar-refractivity contribution in [2.75, 3.05) is 0 Å². The third kappa shape index (κ3) is 2.10. The molecule has 0 radical (unpaired) electrons. The highest BCUT2D eigenvalue weighted by atomic mass is 16.3. The molecule has 1 fully saturated rings. The van der Waals surface area contributed by atoms with Crippen molar-refractivity contribution in [1.29, 1.82) is 0 Å². The number of urea groups is 1. The molecule has 132 valence electrons. The molecule has 5 heteroatoms. The number of rotatable bonds is 2. The number of nitrogens with one attached hydrogen (secondary N) is 1. The van der Waals surface area contributed by atoms with Gasteiger partial charge in [-0.05, 0) is 30.5 Å². The van der Waals surface area contributed by atoms with E-state index in [1.165, 1.54) is 10.9 Å². The van der Waals surface area contributed by atoms with Gasteiger partial charge in [0.05, 0.1) is 18.6 Å². The van der Waals surface area contributed by atoms with Crippen molar-refractivity contribution in [2.45, 2.75) is 38.2 Å². The molecular formula is C21H21N3O2. The Morgan fingerprint density at radius 1 is 1.12 bits per heavy atom. The van der Waals surface area contributed by atoms with E-state index in [2.05, 4.69) is 17.1 Å². The molecule has 3 heterocycles. The van der Waals surface area contributed by atoms with Gasteiger partial charge in [0.1, 0.15) is 0 Å². The summed E-state index contributed by atoms with van der Waals surface area (Å²) in [5.41, 5.74) is 4.43. The summed E-state index contributed by atoms with van der Waals surface area (Å²) in [6, 6.07) is 17.6. The largest absolute Gasteiger partial charge is 0.371 e. The molecular weight excluding hydrogens is 326 g/mol. The Bertz CT molecular complexity index is 981. The highest BCUT2D eigenvalue weighted by molar-refractivity contribution is 5.87. The van der Waals surface area contributed by atoms with Gasteiger partial charge in [-0.3, -0.25) is 4.90 Å². The highest BCUT2D eigenvalue weighted by Gasteiger charge is 2.50. The quantitative estimate of drug-likeness (QED) is 0.746. The van der Waals surface area contributed by atoms with E-state index in [0.717, 1.165) is 16.8 Å². The minimum Gasteiger partial charge on any atom is -0.371 e. The van der Waals surface area contributed by atoms with Crippen LogP contribution >= 0.6 is 0 Å². The molecule has 1 saturated heterocycles. The molecule has 3 aromatic rings. The van der Waals surface area contributed by atoms with E-state index in [9.17, 15) is 9.90 Å². The minimum atomic E-state index is -0.799. The summed E-state index contributed by atoms with van der Waals surface area (Å²) in [5.74, 6) is 0. The molecule has 2 aromatic carbocycles. The number of hydrogen-bond donors (Lipinski definition) is 2. The number of carbonyl (C=O) groups is 1. The number of amides is 2. The molecule has 0 aliphatic carbocycles. The van der Waals surface area contributed by atoms with E-state index >= 15 is 0 Å². The fourth-order valence-electron chi connectivity index (χ4n) is 4.50. The standard InChI is InChI=1S/C21H21N3O2/c1-13-19-16(15-9-5-6-10-17(15)22-19)11-18-20(25)23(21(26)24(13)18)12-14-7-3-2-4-8-14/h2-10,13,18,20,22,25H,11-12H2,1H3. The Hall–Kier alpha value is -2.79. The van der Waals surface area contributed by atoms with Crippen LogP contribution in [0.2, 0.25) is 0 Å². The Morgan fingerprint density at radius 3 is 2.65 bits per heavy atom. The van der Waals surface area contributed by atoms with Crippen LogP contribution in [0, 0.1) is 0 Å². The monoisotopic (exact) mass is 347 g/mol. The number of para-hydroxylation sites is 1. The van der Waals surface area contributed by atoms with Crippen molar-refractivity contribution >= 4 is 16.9 Å². The normalized spacial score (nSPS) is 24.8. The number of fused-ring (bicyclic) bond motifs is 4. The zero-order valence-electron chi connectivity index (χ0n) is 14.6. The maximum absolute atomic E-state index is 13.1. The van der Waals surface area contributed by atoms with E-state index in [0.29, 0.717) is 13.0 Å². The summed E-state index contributed by atoms with van der Waals surface area (Å²) < 4.78 is 0. The van der Waals surface area contributed by atoms with Crippen LogP contribution < -0.4 is 0 Å². The van der Waals surface area contributed by atoms with Crippen LogP contribution in [0.5, 0.6) is 0 Å². The van der Waals surface area contributed by atoms with E-state index in [-0.39, 0.29) is 18.1 Å². The van der Waals surface area contributed by atoms with Crippen molar-refractivity contribution in [2.24, 2.45) is 0 Å². The lowest BCUT2D eigenvalue weighted by Crippen LogP contribution is -2.43. The average Bonchev–Trinajstić information content (AvgIpc) is 3.15. The van der Waals surface area contributed by atoms with E-state index in [1.807, 2.05) is 54.3 Å². The lowest BCUT2D eigenvalue weighted by atomic mass is 9.93. The van der Waals surface area contributed by atoms with Crippen LogP contribution in [-0.2, 0) is 13.0 Å². The maximum Gasteiger partial charge on any atom is 0.323 e. The predicted molar refractivity (Wildman–Crippen MR) is 99.4 cm³/mol. The second-order valence-corrected chi connectivity index (χ2v) is 7.23. The van der Waals surface area contributed by atoms with Gasteiger partial charge < -0.3 is 15.0 Å². The van der Waals surface area contributed by atoms with Crippen molar-refractivity contribution in [3.63, 3.8) is 0 Å². The molecule has 2 aliphatic rings. The van der Waals surface area contributed by atoms with Crippen LogP contribution in [-0.4, -0.2) is 38.2 Å². The second kappa shape index (κ2) is 5.61. The van der Waals surface area contributed by atoms with Gasteiger partial charge in [0.2, 0.25) is 0 Å². The number of aliphatic hydroxyl groups is 1. The van der Waals surface area contributed by atoms with Gasteiger partial charge in [-0.2, -0.15) is 0 Å². The van der Waals surface area contributed by atoms with Crippen molar-refractivity contribution in [3.05, 3.63) is 71.4 Å². The number of carbonyl (C=O) groups excluding carboxylic acids is 1. The number of H-pyrrole nitrogens is 1. The number of aliphatic hydroxyl groups excluding tert-OH is 1. The van der Waals surface area contributed by atoms with Crippen molar-refractivity contribution in [3.8, 4) is 0 Å². The number of hydrogen-bond acceptors (Lipinski definition) is 2. The minimum absolute atomic E-state index is 0.0842. The lowest BCUT2D eigenvalue weighted by Gasteiger charge is -2.35. The predicted octanol–water partition coefficient (Wildman–Crippen LogP) is 3.41. The molecule has 1 aromatic heterocycles. The second-order valence-electron chi connectivity index (χ2n) is 7.23. The summed E-state index contributed by atoms with van der Waals surface area (Å²) in [7, 11) is 0. The molecule has 0 saturated carbocycles. The summed E-state index contributed by atoms with van der Waals surface area (Å²) in [6.07, 6.45) is -0.131. The molecule has 0 spiro atoms. The molecule has 2 amide bonds. The SMILES string of the molecule is CC1c2[nH]c3ccccc3c2CC2C(O)N(Cc3ccccc3)C(=O)N12. The van der Waals surface area contributed by atoms with E-state index < -0.39 is 6.23 Å². The summed E-state index contributed by atoms with van der Waals surface area (Å²) in [5, 5.41) is 12.1. The molecule has 3 atom stereocenters. The summed E-state index contributed by atoms with van der Waals surface area (Å²) >= 11 is 0. The van der Waals surface area contributed by atoms with Gasteiger partial charge in [0, 0.05) is 16.6 Å². The van der Waals surface area contributed by atoms with Crippen LogP contribution in [0.15, 0.2) is 54.6 Å². The molecule has 3 unspecified atom stereocenters. The van der Waals surface area contributed by atoms with Crippen LogP contribution in [0.3, 0.4) is 0 Å². The van der Waals surface area contributed by atoms with Gasteiger partial charge >= 0.3 is 6.03 Å². The third-order valence-electron chi connectivity index (χ3n) is 5.78. The van der Waals surface area contributed by atoms with Crippen molar-refractivity contribution in [1.82, 2.24) is 14.8 Å². The Labute approximate surface area is 151 Å². The number of benzene rings is 2. The molecule has 5 rings (SSSR count). The van der Waals surface area contributed by atoms with Gasteiger partial charge in [0.15, 0.2) is 6.23 Å². The Balaban J connectivity index is 1.52. The molecule has 2 aliphatic heterocycles. The first-order chi connectivity index (χ1) is 12.6. The molecule has 0 bridgehead atoms. The molecule has 5 nitrogen and oxygen atoms in total. The Morgan fingerprint density at radius 2 is 1.85 bits per heavy atom. The average molecular weight is 347 g/mol. The number of nitrogens with zero attached hydrogens (tertiary/aromatic N) is 2. The van der Waals surface area contributed by atoms with Gasteiger partial charge in [-0.25, -0.2) is 4.79 Å². The van der Waals surface area contributed by atoms with E-state index in [4.69, 9.17) is 0 Å². The first kappa shape index (κ1) is 15.5. The van der Waals surface area contributed by atoms with Gasteiger partial charge in [-0.15, -0.1) is 0 Å². The van der Waals surface area contributed by atoms with Gasteiger partial charge in [-0.1, -0.05) is 48.5 Å². The molecule has 2 N–H and O–H groups in total. The summed E-state index contributed by atoms with van der Waals surface area (Å²) in [4.78, 5) is 20.0. The van der Waals surface area contributed by atoms with Crippen LogP contribution in [0.4, 0.5) is 4.79 Å². The fraction of sp³-hybridized carbons (Fsp3) is 0.286. The Kier molecular flexibility index (Phi) is 3.34. The smallest absolute Gasteiger partial charge is 0.323 e. The van der Waals surface area contributed by atoms with Gasteiger partial charge in [0.25, 0.3) is 0 Å². The van der Waals surface area contributed by atoms with Crippen LogP contribution in [0.25, 0.3) is 10.9 Å². The topological polar surface area (TPSA) is 59.6 Å². The first-order valence-electron chi connectivity index (χ1n) is 9.05.